The topological polar surface area (TPSA) is 43.8 Å². The van der Waals surface area contributed by atoms with Crippen LogP contribution in [-0.2, 0) is 7.05 Å². The zero-order chi connectivity index (χ0) is 10.6. The third-order valence-electron chi connectivity index (χ3n) is 2.79. The van der Waals surface area contributed by atoms with Gasteiger partial charge in [-0.25, -0.2) is 0 Å². The van der Waals surface area contributed by atoms with Crippen LogP contribution in [0.15, 0.2) is 6.20 Å². The third-order valence-corrected chi connectivity index (χ3v) is 2.79. The summed E-state index contributed by atoms with van der Waals surface area (Å²) >= 11 is 0. The Morgan fingerprint density at radius 3 is 2.71 bits per heavy atom. The van der Waals surface area contributed by atoms with Gasteiger partial charge in [0.1, 0.15) is 0 Å². The number of aromatic nitrogens is 2. The monoisotopic (exact) mass is 195 g/mol. The van der Waals surface area contributed by atoms with Crippen LogP contribution in [0.4, 0.5) is 0 Å². The van der Waals surface area contributed by atoms with Crippen molar-refractivity contribution >= 4 is 0 Å². The Kier molecular flexibility index (Phi) is 4.14. The minimum Gasteiger partial charge on any atom is -0.324 e. The van der Waals surface area contributed by atoms with E-state index >= 15 is 0 Å². The van der Waals surface area contributed by atoms with E-state index in [1.165, 1.54) is 30.5 Å². The van der Waals surface area contributed by atoms with Gasteiger partial charge >= 0.3 is 0 Å². The first-order valence-corrected chi connectivity index (χ1v) is 5.41. The Balaban J connectivity index is 2.52. The lowest BCUT2D eigenvalue weighted by atomic mass is 10.0. The summed E-state index contributed by atoms with van der Waals surface area (Å²) in [5.41, 5.74) is 8.48. The average Bonchev–Trinajstić information content (AvgIpc) is 2.48. The molecule has 0 aliphatic rings. The molecule has 1 atom stereocenters. The molecule has 0 aliphatic heterocycles. The van der Waals surface area contributed by atoms with E-state index in [-0.39, 0.29) is 6.04 Å². The third kappa shape index (κ3) is 2.58. The predicted molar refractivity (Wildman–Crippen MR) is 59.0 cm³/mol. The number of rotatable bonds is 5. The number of nitrogens with zero attached hydrogens (tertiary/aromatic N) is 2. The van der Waals surface area contributed by atoms with Crippen LogP contribution in [-0.4, -0.2) is 9.78 Å². The van der Waals surface area contributed by atoms with Gasteiger partial charge in [-0.1, -0.05) is 26.2 Å². The molecule has 0 amide bonds. The first-order valence-electron chi connectivity index (χ1n) is 5.41. The van der Waals surface area contributed by atoms with Gasteiger partial charge in [0, 0.05) is 24.3 Å². The van der Waals surface area contributed by atoms with Crippen molar-refractivity contribution < 1.29 is 0 Å². The molecule has 0 saturated heterocycles. The van der Waals surface area contributed by atoms with Gasteiger partial charge in [0.2, 0.25) is 0 Å². The second-order valence-electron chi connectivity index (χ2n) is 3.91. The molecule has 0 bridgehead atoms. The molecule has 1 unspecified atom stereocenters. The molecule has 2 N–H and O–H groups in total. The van der Waals surface area contributed by atoms with Crippen LogP contribution in [0.2, 0.25) is 0 Å². The molecule has 1 rings (SSSR count). The zero-order valence-electron chi connectivity index (χ0n) is 9.45. The van der Waals surface area contributed by atoms with Gasteiger partial charge in [-0.3, -0.25) is 4.68 Å². The van der Waals surface area contributed by atoms with E-state index in [4.69, 9.17) is 5.73 Å². The zero-order valence-corrected chi connectivity index (χ0v) is 9.45. The summed E-state index contributed by atoms with van der Waals surface area (Å²) in [6.45, 7) is 4.28. The molecule has 1 aromatic rings. The van der Waals surface area contributed by atoms with Gasteiger partial charge in [-0.05, 0) is 13.3 Å². The van der Waals surface area contributed by atoms with Crippen LogP contribution >= 0.6 is 0 Å². The van der Waals surface area contributed by atoms with Crippen molar-refractivity contribution in [1.82, 2.24) is 9.78 Å². The maximum atomic E-state index is 6.10. The number of aryl methyl sites for hydroxylation is 1. The fourth-order valence-corrected chi connectivity index (χ4v) is 1.65. The van der Waals surface area contributed by atoms with Crippen molar-refractivity contribution in [3.8, 4) is 0 Å². The Morgan fingerprint density at radius 2 is 2.21 bits per heavy atom. The van der Waals surface area contributed by atoms with Crippen molar-refractivity contribution in [2.45, 2.75) is 45.6 Å². The predicted octanol–water partition coefficient (Wildman–Crippen LogP) is 2.31. The molecule has 0 saturated carbocycles. The van der Waals surface area contributed by atoms with E-state index in [1.807, 2.05) is 17.9 Å². The molecule has 1 aromatic heterocycles. The van der Waals surface area contributed by atoms with Crippen LogP contribution in [0, 0.1) is 6.92 Å². The Labute approximate surface area is 86.3 Å². The summed E-state index contributed by atoms with van der Waals surface area (Å²) in [5.74, 6) is 0. The minimum absolute atomic E-state index is 0.162. The number of nitrogens with two attached hydrogens (primary N) is 1. The van der Waals surface area contributed by atoms with Gasteiger partial charge in [-0.2, -0.15) is 5.10 Å². The number of hydrogen-bond acceptors (Lipinski definition) is 2. The van der Waals surface area contributed by atoms with Crippen molar-refractivity contribution in [1.29, 1.82) is 0 Å². The molecule has 0 fully saturated rings. The molecule has 1 heterocycles. The molecule has 14 heavy (non-hydrogen) atoms. The maximum absolute atomic E-state index is 6.10. The normalized spacial score (nSPS) is 13.1. The molecule has 3 heteroatoms. The van der Waals surface area contributed by atoms with E-state index < -0.39 is 0 Å². The highest BCUT2D eigenvalue weighted by atomic mass is 15.3. The fourth-order valence-electron chi connectivity index (χ4n) is 1.65. The molecule has 80 valence electrons. The molecule has 0 radical (unpaired) electrons. The van der Waals surface area contributed by atoms with Crippen molar-refractivity contribution in [3.63, 3.8) is 0 Å². The van der Waals surface area contributed by atoms with Crippen molar-refractivity contribution in [2.24, 2.45) is 12.8 Å². The summed E-state index contributed by atoms with van der Waals surface area (Å²) in [6, 6.07) is 0.162. The second kappa shape index (κ2) is 5.15. The van der Waals surface area contributed by atoms with Crippen LogP contribution in [0.5, 0.6) is 0 Å². The van der Waals surface area contributed by atoms with Crippen LogP contribution in [0.25, 0.3) is 0 Å². The fraction of sp³-hybridized carbons (Fsp3) is 0.727. The van der Waals surface area contributed by atoms with Gasteiger partial charge < -0.3 is 5.73 Å². The average molecular weight is 195 g/mol. The maximum Gasteiger partial charge on any atom is 0.0540 e. The first kappa shape index (κ1) is 11.2. The largest absolute Gasteiger partial charge is 0.324 e. The lowest BCUT2D eigenvalue weighted by Gasteiger charge is -2.10. The van der Waals surface area contributed by atoms with Gasteiger partial charge in [-0.15, -0.1) is 0 Å². The standard InChI is InChI=1S/C11H21N3/c1-4-5-6-7-11(12)10-8-13-14(3)9(10)2/h8,11H,4-7,12H2,1-3H3. The lowest BCUT2D eigenvalue weighted by Crippen LogP contribution is -2.11. The molecule has 3 nitrogen and oxygen atoms in total. The van der Waals surface area contributed by atoms with Gasteiger partial charge in [0.05, 0.1) is 6.20 Å². The molecular weight excluding hydrogens is 174 g/mol. The summed E-state index contributed by atoms with van der Waals surface area (Å²) in [5, 5.41) is 4.20. The lowest BCUT2D eigenvalue weighted by molar-refractivity contribution is 0.578. The summed E-state index contributed by atoms with van der Waals surface area (Å²) in [6.07, 6.45) is 6.70. The molecule has 0 aromatic carbocycles. The number of unbranched alkanes of at least 4 members (excludes halogenated alkanes) is 2. The van der Waals surface area contributed by atoms with Gasteiger partial charge in [0.25, 0.3) is 0 Å². The minimum atomic E-state index is 0.162. The molecule has 0 aliphatic carbocycles. The number of hydrogen-bond donors (Lipinski definition) is 1. The van der Waals surface area contributed by atoms with Crippen LogP contribution in [0.3, 0.4) is 0 Å². The van der Waals surface area contributed by atoms with Crippen LogP contribution < -0.4 is 5.73 Å². The summed E-state index contributed by atoms with van der Waals surface area (Å²) < 4.78 is 1.88. The second-order valence-corrected chi connectivity index (χ2v) is 3.91. The highest BCUT2D eigenvalue weighted by Crippen LogP contribution is 2.19. The highest BCUT2D eigenvalue weighted by Gasteiger charge is 2.11. The SMILES string of the molecule is CCCCCC(N)c1cnn(C)c1C. The smallest absolute Gasteiger partial charge is 0.0540 e. The summed E-state index contributed by atoms with van der Waals surface area (Å²) in [7, 11) is 1.96. The molecule has 0 spiro atoms. The Bertz CT molecular complexity index is 278. The van der Waals surface area contributed by atoms with E-state index in [0.717, 1.165) is 6.42 Å². The van der Waals surface area contributed by atoms with E-state index in [9.17, 15) is 0 Å². The van der Waals surface area contributed by atoms with E-state index in [2.05, 4.69) is 18.9 Å². The first-order chi connectivity index (χ1) is 6.66. The quantitative estimate of drug-likeness (QED) is 0.733. The summed E-state index contributed by atoms with van der Waals surface area (Å²) in [4.78, 5) is 0. The van der Waals surface area contributed by atoms with E-state index in [0.29, 0.717) is 0 Å². The highest BCUT2D eigenvalue weighted by molar-refractivity contribution is 5.19. The Morgan fingerprint density at radius 1 is 1.50 bits per heavy atom. The Hall–Kier alpha value is -0.830. The van der Waals surface area contributed by atoms with Gasteiger partial charge in [0.15, 0.2) is 0 Å². The molecular formula is C11H21N3. The van der Waals surface area contributed by atoms with E-state index in [1.54, 1.807) is 0 Å². The van der Waals surface area contributed by atoms with Crippen molar-refractivity contribution in [2.75, 3.05) is 0 Å². The van der Waals surface area contributed by atoms with Crippen LogP contribution in [0.1, 0.15) is 49.9 Å². The van der Waals surface area contributed by atoms with Crippen molar-refractivity contribution in [3.05, 3.63) is 17.5 Å².